The number of hydrogen-bond acceptors (Lipinski definition) is 6. The van der Waals surface area contributed by atoms with Crippen molar-refractivity contribution in [1.29, 1.82) is 0 Å². The maximum absolute atomic E-state index is 13.6. The molecule has 0 bridgehead atoms. The lowest BCUT2D eigenvalue weighted by atomic mass is 9.94. The van der Waals surface area contributed by atoms with Crippen LogP contribution in [-0.4, -0.2) is 58.4 Å². The maximum atomic E-state index is 13.6. The number of benzene rings is 2. The van der Waals surface area contributed by atoms with E-state index in [1.165, 1.54) is 24.3 Å². The van der Waals surface area contributed by atoms with Gasteiger partial charge in [0, 0.05) is 24.2 Å². The fourth-order valence-corrected chi connectivity index (χ4v) is 4.89. The first-order valence-corrected chi connectivity index (χ1v) is 13.0. The third-order valence-corrected chi connectivity index (χ3v) is 7.47. The Hall–Kier alpha value is -4.00. The molecule has 4 rings (SSSR count). The fraction of sp³-hybridized carbons (Fsp3) is 0.429. The second-order valence-corrected chi connectivity index (χ2v) is 10.6. The summed E-state index contributed by atoms with van der Waals surface area (Å²) in [7, 11) is 0. The molecule has 41 heavy (non-hydrogen) atoms. The number of halogens is 4. The Morgan fingerprint density at radius 1 is 1.12 bits per heavy atom. The molecule has 1 aliphatic heterocycles. The van der Waals surface area contributed by atoms with Crippen molar-refractivity contribution in [1.82, 2.24) is 9.80 Å². The summed E-state index contributed by atoms with van der Waals surface area (Å²) in [4.78, 5) is 52.8. The minimum absolute atomic E-state index is 0.0543. The molecule has 1 aliphatic carbocycles. The number of rotatable bonds is 8. The van der Waals surface area contributed by atoms with Crippen LogP contribution in [0.3, 0.4) is 0 Å². The van der Waals surface area contributed by atoms with Crippen LogP contribution < -0.4 is 11.1 Å². The third-order valence-electron chi connectivity index (χ3n) is 7.47. The van der Waals surface area contributed by atoms with Crippen molar-refractivity contribution in [2.45, 2.75) is 64.0 Å². The Morgan fingerprint density at radius 3 is 2.39 bits per heavy atom. The number of ether oxygens (including phenoxy) is 1. The number of alkyl halides is 3. The monoisotopic (exact) mass is 578 g/mol. The third kappa shape index (κ3) is 5.90. The van der Waals surface area contributed by atoms with Crippen LogP contribution in [0.2, 0.25) is 0 Å². The van der Waals surface area contributed by atoms with Crippen LogP contribution >= 0.6 is 0 Å². The zero-order valence-corrected chi connectivity index (χ0v) is 22.6. The first kappa shape index (κ1) is 30.0. The smallest absolute Gasteiger partial charge is 0.418 e. The Kier molecular flexibility index (Phi) is 8.12. The molecule has 13 heteroatoms. The summed E-state index contributed by atoms with van der Waals surface area (Å²) in [5, 5.41) is 2.71. The van der Waals surface area contributed by atoms with E-state index in [1.54, 1.807) is 19.9 Å². The number of hydrogen-bond donors (Lipinski definition) is 2. The predicted molar refractivity (Wildman–Crippen MR) is 139 cm³/mol. The predicted octanol–water partition coefficient (Wildman–Crippen LogP) is 3.85. The lowest BCUT2D eigenvalue weighted by Crippen LogP contribution is -2.51. The number of fused-ring (bicyclic) bond motifs is 2. The van der Waals surface area contributed by atoms with Crippen molar-refractivity contribution in [3.05, 3.63) is 65.0 Å². The number of nitrogens with two attached hydrogens (primary N) is 1. The molecule has 2 aromatic carbocycles. The molecule has 4 amide bonds. The van der Waals surface area contributed by atoms with Crippen molar-refractivity contribution in [2.24, 2.45) is 11.7 Å². The number of carbonyl (C=O) groups excluding carboxylic acids is 4. The van der Waals surface area contributed by atoms with Gasteiger partial charge in [0.1, 0.15) is 18.4 Å². The van der Waals surface area contributed by atoms with E-state index in [-0.39, 0.29) is 23.8 Å². The first-order chi connectivity index (χ1) is 19.1. The molecule has 3 atom stereocenters. The molecule has 1 saturated heterocycles. The van der Waals surface area contributed by atoms with Crippen LogP contribution in [-0.2, 0) is 37.7 Å². The molecular weight excluding hydrogens is 548 g/mol. The normalized spacial score (nSPS) is 19.8. The van der Waals surface area contributed by atoms with E-state index in [4.69, 9.17) is 10.5 Å². The van der Waals surface area contributed by atoms with E-state index < -0.39 is 60.7 Å². The quantitative estimate of drug-likeness (QED) is 0.459. The Bertz CT molecular complexity index is 1360. The van der Waals surface area contributed by atoms with Gasteiger partial charge in [-0.2, -0.15) is 13.2 Å². The summed E-state index contributed by atoms with van der Waals surface area (Å²) in [6.45, 7) is 2.89. The standard InChI is InChI=1S/C28H30F4N4O5/c1-15(2)23(33)24(38)34-20-8-9-21-18(12-20)10-11-27(21)25(39)36(26(40)41-27)14-22(37)35(16(3)28(30,31)32)13-17-4-6-19(29)7-5-17/h4-9,12,15-16,23H,10-11,13-14,33H2,1-3H3,(H,34,38)/t16-,23+,27?/m0/s1. The largest absolute Gasteiger partial charge is 0.427 e. The number of amides is 4. The van der Waals surface area contributed by atoms with Gasteiger partial charge in [0.05, 0.1) is 6.04 Å². The van der Waals surface area contributed by atoms with Gasteiger partial charge in [-0.15, -0.1) is 0 Å². The molecule has 1 unspecified atom stereocenters. The van der Waals surface area contributed by atoms with Crippen molar-refractivity contribution >= 4 is 29.5 Å². The Labute approximate surface area is 233 Å². The van der Waals surface area contributed by atoms with E-state index in [2.05, 4.69) is 5.32 Å². The summed E-state index contributed by atoms with van der Waals surface area (Å²) in [6, 6.07) is 6.29. The van der Waals surface area contributed by atoms with Crippen molar-refractivity contribution in [3.8, 4) is 0 Å². The molecule has 1 spiro atoms. The van der Waals surface area contributed by atoms with Gasteiger partial charge in [-0.1, -0.05) is 32.0 Å². The number of nitrogens with zero attached hydrogens (tertiary/aromatic N) is 2. The first-order valence-electron chi connectivity index (χ1n) is 13.0. The van der Waals surface area contributed by atoms with Crippen LogP contribution in [0, 0.1) is 11.7 Å². The summed E-state index contributed by atoms with van der Waals surface area (Å²) in [5.74, 6) is -3.09. The van der Waals surface area contributed by atoms with Gasteiger partial charge < -0.3 is 20.7 Å². The number of aryl methyl sites for hydroxylation is 1. The second kappa shape index (κ2) is 11.1. The molecule has 1 fully saturated rings. The lowest BCUT2D eigenvalue weighted by molar-refractivity contribution is -0.187. The molecule has 0 radical (unpaired) electrons. The molecule has 0 aromatic heterocycles. The maximum Gasteiger partial charge on any atom is 0.418 e. The zero-order chi connectivity index (χ0) is 30.3. The minimum atomic E-state index is -4.80. The van der Waals surface area contributed by atoms with Gasteiger partial charge in [-0.25, -0.2) is 14.1 Å². The van der Waals surface area contributed by atoms with Crippen LogP contribution in [0.4, 0.5) is 28.0 Å². The SMILES string of the molecule is CC(C)[C@@H](N)C(=O)Nc1ccc2c(c1)CCC21OC(=O)N(CC(=O)N(Cc2ccc(F)cc2)[C@@H](C)C(F)(F)F)C1=O. The van der Waals surface area contributed by atoms with Crippen LogP contribution in [0.5, 0.6) is 0 Å². The molecule has 2 aromatic rings. The van der Waals surface area contributed by atoms with E-state index in [9.17, 15) is 36.7 Å². The van der Waals surface area contributed by atoms with Crippen molar-refractivity contribution in [2.75, 3.05) is 11.9 Å². The molecule has 0 saturated carbocycles. The Balaban J connectivity index is 1.54. The van der Waals surface area contributed by atoms with Gasteiger partial charge in [-0.3, -0.25) is 14.4 Å². The Morgan fingerprint density at radius 2 is 1.78 bits per heavy atom. The van der Waals surface area contributed by atoms with Crippen LogP contribution in [0.25, 0.3) is 0 Å². The number of imide groups is 1. The molecule has 3 N–H and O–H groups in total. The average molecular weight is 579 g/mol. The number of carbonyl (C=O) groups is 4. The van der Waals surface area contributed by atoms with Crippen LogP contribution in [0.15, 0.2) is 42.5 Å². The van der Waals surface area contributed by atoms with E-state index in [0.29, 0.717) is 33.0 Å². The summed E-state index contributed by atoms with van der Waals surface area (Å²) in [6.07, 6.45) is -5.60. The number of nitrogens with one attached hydrogen (secondary N) is 1. The van der Waals surface area contributed by atoms with E-state index >= 15 is 0 Å². The van der Waals surface area contributed by atoms with Crippen LogP contribution in [0.1, 0.15) is 43.9 Å². The highest BCUT2D eigenvalue weighted by atomic mass is 19.4. The van der Waals surface area contributed by atoms with E-state index in [0.717, 1.165) is 19.1 Å². The highest BCUT2D eigenvalue weighted by Gasteiger charge is 2.58. The zero-order valence-electron chi connectivity index (χ0n) is 22.6. The van der Waals surface area contributed by atoms with Gasteiger partial charge in [0.2, 0.25) is 17.4 Å². The topological polar surface area (TPSA) is 122 Å². The summed E-state index contributed by atoms with van der Waals surface area (Å²) >= 11 is 0. The molecule has 220 valence electrons. The fourth-order valence-electron chi connectivity index (χ4n) is 4.89. The molecular formula is C28H30F4N4O5. The minimum Gasteiger partial charge on any atom is -0.427 e. The molecule has 1 heterocycles. The van der Waals surface area contributed by atoms with Gasteiger partial charge in [0.25, 0.3) is 5.91 Å². The van der Waals surface area contributed by atoms with Gasteiger partial charge in [0.15, 0.2) is 0 Å². The average Bonchev–Trinajstić information content (AvgIpc) is 3.38. The highest BCUT2D eigenvalue weighted by Crippen LogP contribution is 2.46. The van der Waals surface area contributed by atoms with E-state index in [1.807, 2.05) is 0 Å². The summed E-state index contributed by atoms with van der Waals surface area (Å²) in [5.41, 5.74) is 5.80. The number of anilines is 1. The van der Waals surface area contributed by atoms with Crippen molar-refractivity contribution < 1.29 is 41.5 Å². The van der Waals surface area contributed by atoms with Gasteiger partial charge >= 0.3 is 12.3 Å². The lowest BCUT2D eigenvalue weighted by Gasteiger charge is -2.31. The molecule has 9 nitrogen and oxygen atoms in total. The highest BCUT2D eigenvalue weighted by molar-refractivity contribution is 6.06. The second-order valence-electron chi connectivity index (χ2n) is 10.6. The van der Waals surface area contributed by atoms with Gasteiger partial charge in [-0.05, 0) is 54.7 Å². The summed E-state index contributed by atoms with van der Waals surface area (Å²) < 4.78 is 59.7. The molecule has 2 aliphatic rings. The van der Waals surface area contributed by atoms with Crippen molar-refractivity contribution in [3.63, 3.8) is 0 Å².